The van der Waals surface area contributed by atoms with E-state index in [2.05, 4.69) is 5.32 Å². The summed E-state index contributed by atoms with van der Waals surface area (Å²) in [4.78, 5) is 31.5. The normalized spacial score (nSPS) is 13.8. The van der Waals surface area contributed by atoms with E-state index in [0.29, 0.717) is 6.07 Å². The zero-order chi connectivity index (χ0) is 11.9. The van der Waals surface area contributed by atoms with Gasteiger partial charge in [0.2, 0.25) is 0 Å². The van der Waals surface area contributed by atoms with Crippen LogP contribution in [0.4, 0.5) is 21.5 Å². The molecule has 0 aliphatic carbocycles. The summed E-state index contributed by atoms with van der Waals surface area (Å²) in [5, 5.41) is 15.8. The molecule has 1 aliphatic rings. The van der Waals surface area contributed by atoms with Gasteiger partial charge in [0.1, 0.15) is 5.82 Å². The van der Waals surface area contributed by atoms with Crippen LogP contribution in [0.2, 0.25) is 0 Å². The Balaban J connectivity index is 2.63. The average Bonchev–Trinajstić information content (AvgIpc) is 2.19. The first kappa shape index (κ1) is 10.0. The number of rotatable bonds is 1. The Morgan fingerprint density at radius 2 is 2.06 bits per heavy atom. The molecule has 16 heavy (non-hydrogen) atoms. The Morgan fingerprint density at radius 1 is 1.38 bits per heavy atom. The maximum absolute atomic E-state index is 13.0. The largest absolute Gasteiger partial charge is 0.336 e. The fraction of sp³-hybridized carbons (Fsp3) is 0. The lowest BCUT2D eigenvalue weighted by Gasteiger charge is -2.14. The molecule has 2 amide bonds. The summed E-state index contributed by atoms with van der Waals surface area (Å²) in [6.07, 6.45) is 0. The fourth-order valence-electron chi connectivity index (χ4n) is 1.26. The molecule has 0 fully saturated rings. The predicted molar refractivity (Wildman–Crippen MR) is 48.5 cm³/mol. The monoisotopic (exact) mass is 224 g/mol. The second kappa shape index (κ2) is 3.26. The lowest BCUT2D eigenvalue weighted by molar-refractivity contribution is -0.384. The van der Waals surface area contributed by atoms with E-state index in [1.807, 2.05) is 5.32 Å². The van der Waals surface area contributed by atoms with Crippen LogP contribution in [0.15, 0.2) is 12.1 Å². The number of nitrogens with one attached hydrogen (secondary N) is 1. The van der Waals surface area contributed by atoms with Crippen LogP contribution in [0.1, 0.15) is 0 Å². The number of nitro benzene ring substituents is 1. The Labute approximate surface area is 87.4 Å². The van der Waals surface area contributed by atoms with Gasteiger partial charge in [0.05, 0.1) is 16.7 Å². The summed E-state index contributed by atoms with van der Waals surface area (Å²) in [7, 11) is 0. The van der Waals surface area contributed by atoms with Crippen LogP contribution in [0.25, 0.3) is 0 Å². The highest BCUT2D eigenvalue weighted by Crippen LogP contribution is 2.35. The van der Waals surface area contributed by atoms with E-state index in [0.717, 1.165) is 6.07 Å². The van der Waals surface area contributed by atoms with Gasteiger partial charge < -0.3 is 5.32 Å². The van der Waals surface area contributed by atoms with Crippen molar-refractivity contribution in [2.75, 3.05) is 5.32 Å². The Bertz CT molecular complexity index is 528. The second-order valence-corrected chi connectivity index (χ2v) is 2.95. The summed E-state index contributed by atoms with van der Waals surface area (Å²) in [6.45, 7) is 0. The van der Waals surface area contributed by atoms with E-state index >= 15 is 0 Å². The van der Waals surface area contributed by atoms with E-state index in [1.54, 1.807) is 0 Å². The molecule has 0 saturated heterocycles. The third-order valence-corrected chi connectivity index (χ3v) is 1.91. The SMILES string of the molecule is O=C1[N]c2c(cc(F)cc2[N+](=O)[O-])NC1=O. The van der Waals surface area contributed by atoms with Crippen molar-refractivity contribution in [1.29, 1.82) is 0 Å². The van der Waals surface area contributed by atoms with Crippen LogP contribution in [0.5, 0.6) is 0 Å². The fourth-order valence-corrected chi connectivity index (χ4v) is 1.26. The number of hydrogen-bond acceptors (Lipinski definition) is 4. The van der Waals surface area contributed by atoms with E-state index in [-0.39, 0.29) is 11.4 Å². The molecule has 1 aromatic rings. The van der Waals surface area contributed by atoms with Crippen molar-refractivity contribution in [2.45, 2.75) is 0 Å². The summed E-state index contributed by atoms with van der Waals surface area (Å²) in [5.74, 6) is -3.09. The zero-order valence-corrected chi connectivity index (χ0v) is 7.56. The van der Waals surface area contributed by atoms with Crippen molar-refractivity contribution in [2.24, 2.45) is 0 Å². The van der Waals surface area contributed by atoms with E-state index in [1.165, 1.54) is 0 Å². The lowest BCUT2D eigenvalue weighted by Crippen LogP contribution is -2.33. The third-order valence-electron chi connectivity index (χ3n) is 1.91. The molecule has 1 heterocycles. The molecule has 2 rings (SSSR count). The van der Waals surface area contributed by atoms with Gasteiger partial charge in [-0.25, -0.2) is 4.39 Å². The topological polar surface area (TPSA) is 103 Å². The molecule has 0 bridgehead atoms. The van der Waals surface area contributed by atoms with Gasteiger partial charge in [0, 0.05) is 6.07 Å². The number of fused-ring (bicyclic) bond motifs is 1. The van der Waals surface area contributed by atoms with Crippen LogP contribution in [0, 0.1) is 15.9 Å². The van der Waals surface area contributed by atoms with Crippen LogP contribution >= 0.6 is 0 Å². The molecule has 0 atom stereocenters. The minimum Gasteiger partial charge on any atom is -0.315 e. The van der Waals surface area contributed by atoms with Crippen molar-refractivity contribution >= 4 is 28.9 Å². The van der Waals surface area contributed by atoms with Gasteiger partial charge in [-0.3, -0.25) is 19.7 Å². The first-order valence-electron chi connectivity index (χ1n) is 4.04. The van der Waals surface area contributed by atoms with E-state index in [4.69, 9.17) is 0 Å². The molecule has 1 aliphatic heterocycles. The van der Waals surface area contributed by atoms with Crippen molar-refractivity contribution in [3.63, 3.8) is 0 Å². The molecule has 0 aromatic heterocycles. The summed E-state index contributed by atoms with van der Waals surface area (Å²) >= 11 is 0. The Kier molecular flexibility index (Phi) is 2.04. The van der Waals surface area contributed by atoms with Crippen molar-refractivity contribution in [1.82, 2.24) is 5.32 Å². The minimum absolute atomic E-state index is 0.184. The van der Waals surface area contributed by atoms with Crippen molar-refractivity contribution in [3.05, 3.63) is 28.1 Å². The molecule has 8 heteroatoms. The molecule has 7 nitrogen and oxygen atoms in total. The summed E-state index contributed by atoms with van der Waals surface area (Å²) in [6, 6.07) is 1.49. The molecule has 0 spiro atoms. The van der Waals surface area contributed by atoms with Gasteiger partial charge in [0.15, 0.2) is 5.69 Å². The molecule has 1 aromatic carbocycles. The highest BCUT2D eigenvalue weighted by Gasteiger charge is 2.31. The highest BCUT2D eigenvalue weighted by molar-refractivity contribution is 6.42. The number of benzene rings is 1. The molecule has 0 unspecified atom stereocenters. The summed E-state index contributed by atoms with van der Waals surface area (Å²) < 4.78 is 13.0. The number of halogens is 1. The molecule has 0 saturated carbocycles. The number of nitro groups is 1. The van der Waals surface area contributed by atoms with Gasteiger partial charge in [-0.05, 0) is 0 Å². The van der Waals surface area contributed by atoms with Gasteiger partial charge in [-0.15, -0.1) is 0 Å². The van der Waals surface area contributed by atoms with Gasteiger partial charge in [-0.2, -0.15) is 5.32 Å². The first-order valence-corrected chi connectivity index (χ1v) is 4.04. The number of anilines is 1. The maximum Gasteiger partial charge on any atom is 0.336 e. The standard InChI is InChI=1S/C8H3FN3O4/c9-3-1-4-6(5(2-3)12(15)16)11-8(14)7(13)10-4/h1-2H,(H,10,13). The second-order valence-electron chi connectivity index (χ2n) is 2.95. The zero-order valence-electron chi connectivity index (χ0n) is 7.56. The third kappa shape index (κ3) is 1.45. The molecular weight excluding hydrogens is 221 g/mol. The van der Waals surface area contributed by atoms with Crippen molar-refractivity contribution in [3.8, 4) is 0 Å². The van der Waals surface area contributed by atoms with Crippen LogP contribution in [0.3, 0.4) is 0 Å². The van der Waals surface area contributed by atoms with E-state index in [9.17, 15) is 24.1 Å². The lowest BCUT2D eigenvalue weighted by atomic mass is 10.2. The molecule has 81 valence electrons. The van der Waals surface area contributed by atoms with E-state index < -0.39 is 28.2 Å². The average molecular weight is 224 g/mol. The molecule has 1 N–H and O–H groups in total. The number of amides is 2. The molecular formula is C8H3FN3O4. The number of hydrogen-bond donors (Lipinski definition) is 1. The Hall–Kier alpha value is -2.51. The minimum atomic E-state index is -1.15. The van der Waals surface area contributed by atoms with Crippen molar-refractivity contribution < 1.29 is 18.9 Å². The van der Waals surface area contributed by atoms with Gasteiger partial charge in [-0.1, -0.05) is 0 Å². The van der Waals surface area contributed by atoms with Crippen LogP contribution < -0.4 is 10.6 Å². The Morgan fingerprint density at radius 3 is 2.69 bits per heavy atom. The highest BCUT2D eigenvalue weighted by atomic mass is 19.1. The van der Waals surface area contributed by atoms with Crippen LogP contribution in [-0.2, 0) is 9.59 Å². The summed E-state index contributed by atoms with van der Waals surface area (Å²) in [5.41, 5.74) is -1.18. The van der Waals surface area contributed by atoms with Gasteiger partial charge in [0.25, 0.3) is 5.69 Å². The maximum atomic E-state index is 13.0. The number of carbonyl (C=O) groups excluding carboxylic acids is 2. The molecule has 1 radical (unpaired) electrons. The predicted octanol–water partition coefficient (Wildman–Crippen LogP) is 0.448. The number of carbonyl (C=O) groups is 2. The number of nitrogens with zero attached hydrogens (tertiary/aromatic N) is 2. The van der Waals surface area contributed by atoms with Crippen LogP contribution in [-0.4, -0.2) is 16.7 Å². The quantitative estimate of drug-likeness (QED) is 0.424. The smallest absolute Gasteiger partial charge is 0.315 e. The first-order chi connectivity index (χ1) is 7.49. The van der Waals surface area contributed by atoms with Gasteiger partial charge >= 0.3 is 11.8 Å².